The number of aromatic nitrogens is 1. The first-order valence-electron chi connectivity index (χ1n) is 8.03. The Balaban J connectivity index is 2.06. The molecule has 3 atom stereocenters. The van der Waals surface area contributed by atoms with Crippen LogP contribution >= 0.6 is 0 Å². The number of nitrogens with zero attached hydrogens (tertiary/aromatic N) is 2. The summed E-state index contributed by atoms with van der Waals surface area (Å²) in [6.07, 6.45) is 3.61. The van der Waals surface area contributed by atoms with E-state index in [2.05, 4.69) is 22.0 Å². The highest BCUT2D eigenvalue weighted by atomic mass is 32.2. The zero-order chi connectivity index (χ0) is 18.4. The molecule has 0 fully saturated rings. The van der Waals surface area contributed by atoms with E-state index in [0.717, 1.165) is 5.56 Å². The molecule has 1 aromatic heterocycles. The van der Waals surface area contributed by atoms with Crippen molar-refractivity contribution in [1.82, 2.24) is 4.98 Å². The first-order valence-corrected chi connectivity index (χ1v) is 9.59. The van der Waals surface area contributed by atoms with Crippen molar-refractivity contribution >= 4 is 22.5 Å². The lowest BCUT2D eigenvalue weighted by atomic mass is 9.98. The highest BCUT2D eigenvalue weighted by molar-refractivity contribution is 7.86. The second kappa shape index (κ2) is 8.26. The second-order valence-corrected chi connectivity index (χ2v) is 7.70. The number of ether oxygens (including phenoxy) is 1. The summed E-state index contributed by atoms with van der Waals surface area (Å²) in [5, 5.41) is 4.08. The molecule has 1 aromatic rings. The highest BCUT2D eigenvalue weighted by Gasteiger charge is 2.43. The standard InChI is InChI=1S/C18H22N2O4S/c1-5-7-13-8-9-15(19-12-13)16-10-14(24-20-16)11-18(3,25(4)22)17(21)23-6-2/h8-9,12,14H,6,10-11H2,1-4H3. The summed E-state index contributed by atoms with van der Waals surface area (Å²) in [4.78, 5) is 22.0. The van der Waals surface area contributed by atoms with Crippen molar-refractivity contribution < 1.29 is 18.6 Å². The van der Waals surface area contributed by atoms with Crippen LogP contribution < -0.4 is 0 Å². The SMILES string of the molecule is CC#Cc1ccc(C2=NOC(CC(C)(C(=O)OCC)S(C)=O)C2)nc1. The van der Waals surface area contributed by atoms with Gasteiger partial charge in [-0.3, -0.25) is 14.0 Å². The van der Waals surface area contributed by atoms with E-state index in [-0.39, 0.29) is 19.1 Å². The summed E-state index contributed by atoms with van der Waals surface area (Å²) in [5.41, 5.74) is 2.24. The predicted molar refractivity (Wildman–Crippen MR) is 96.5 cm³/mol. The topological polar surface area (TPSA) is 77.9 Å². The minimum atomic E-state index is -1.39. The summed E-state index contributed by atoms with van der Waals surface area (Å²) < 4.78 is 16.1. The number of carbonyl (C=O) groups is 1. The molecule has 25 heavy (non-hydrogen) atoms. The molecule has 7 heteroatoms. The van der Waals surface area contributed by atoms with Gasteiger partial charge in [0.2, 0.25) is 0 Å². The molecule has 134 valence electrons. The Hall–Kier alpha value is -2.20. The van der Waals surface area contributed by atoms with Crippen molar-refractivity contribution in [1.29, 1.82) is 0 Å². The number of hydrogen-bond donors (Lipinski definition) is 0. The van der Waals surface area contributed by atoms with E-state index in [4.69, 9.17) is 9.57 Å². The van der Waals surface area contributed by atoms with Gasteiger partial charge in [0.25, 0.3) is 0 Å². The third kappa shape index (κ3) is 4.45. The molecular formula is C18H22N2O4S. The Kier molecular flexibility index (Phi) is 6.32. The maximum Gasteiger partial charge on any atom is 0.324 e. The van der Waals surface area contributed by atoms with Crippen molar-refractivity contribution in [2.24, 2.45) is 5.16 Å². The van der Waals surface area contributed by atoms with E-state index >= 15 is 0 Å². The van der Waals surface area contributed by atoms with Gasteiger partial charge >= 0.3 is 5.97 Å². The van der Waals surface area contributed by atoms with E-state index in [0.29, 0.717) is 17.8 Å². The summed E-state index contributed by atoms with van der Waals surface area (Å²) in [6, 6.07) is 3.71. The van der Waals surface area contributed by atoms with Crippen molar-refractivity contribution in [3.8, 4) is 11.8 Å². The van der Waals surface area contributed by atoms with Crippen LogP contribution in [0.25, 0.3) is 0 Å². The van der Waals surface area contributed by atoms with E-state index < -0.39 is 21.5 Å². The lowest BCUT2D eigenvalue weighted by Gasteiger charge is -2.26. The molecule has 1 aliphatic rings. The fourth-order valence-corrected chi connectivity index (χ4v) is 3.22. The third-order valence-corrected chi connectivity index (χ3v) is 5.62. The quantitative estimate of drug-likeness (QED) is 0.572. The molecular weight excluding hydrogens is 340 g/mol. The lowest BCUT2D eigenvalue weighted by Crippen LogP contribution is -2.44. The Morgan fingerprint density at radius 2 is 2.28 bits per heavy atom. The lowest BCUT2D eigenvalue weighted by molar-refractivity contribution is -0.146. The van der Waals surface area contributed by atoms with Gasteiger partial charge in [-0.1, -0.05) is 11.1 Å². The molecule has 6 nitrogen and oxygen atoms in total. The number of oxime groups is 1. The predicted octanol–water partition coefficient (Wildman–Crippen LogP) is 2.04. The van der Waals surface area contributed by atoms with Crippen LogP contribution in [-0.2, 0) is 25.2 Å². The first kappa shape index (κ1) is 19.1. The molecule has 0 amide bonds. The molecule has 1 aliphatic heterocycles. The minimum Gasteiger partial charge on any atom is -0.465 e. The van der Waals surface area contributed by atoms with Gasteiger partial charge in [0.1, 0.15) is 16.6 Å². The van der Waals surface area contributed by atoms with Gasteiger partial charge in [0.05, 0.1) is 12.3 Å². The minimum absolute atomic E-state index is 0.246. The Labute approximate surface area is 150 Å². The molecule has 0 saturated heterocycles. The Bertz CT molecular complexity index is 749. The molecule has 2 rings (SSSR count). The smallest absolute Gasteiger partial charge is 0.324 e. The molecule has 2 heterocycles. The number of hydrogen-bond acceptors (Lipinski definition) is 6. The van der Waals surface area contributed by atoms with Crippen LogP contribution in [-0.4, -0.2) is 44.6 Å². The highest BCUT2D eigenvalue weighted by Crippen LogP contribution is 2.28. The van der Waals surface area contributed by atoms with E-state index in [1.807, 2.05) is 12.1 Å². The van der Waals surface area contributed by atoms with Crippen molar-refractivity contribution in [3.63, 3.8) is 0 Å². The average molecular weight is 362 g/mol. The van der Waals surface area contributed by atoms with Crippen LogP contribution in [0.1, 0.15) is 44.9 Å². The fourth-order valence-electron chi connectivity index (χ4n) is 2.51. The van der Waals surface area contributed by atoms with Gasteiger partial charge in [-0.25, -0.2) is 0 Å². The van der Waals surface area contributed by atoms with Crippen LogP contribution in [0, 0.1) is 11.8 Å². The average Bonchev–Trinajstić information content (AvgIpc) is 3.04. The molecule has 3 unspecified atom stereocenters. The maximum atomic E-state index is 12.2. The molecule has 0 saturated carbocycles. The molecule has 0 spiro atoms. The normalized spacial score (nSPS) is 19.7. The Morgan fingerprint density at radius 1 is 1.52 bits per heavy atom. The molecule has 0 aliphatic carbocycles. The van der Waals surface area contributed by atoms with Gasteiger partial charge in [-0.05, 0) is 32.9 Å². The van der Waals surface area contributed by atoms with Crippen LogP contribution in [0.3, 0.4) is 0 Å². The zero-order valence-electron chi connectivity index (χ0n) is 14.9. The summed E-state index contributed by atoms with van der Waals surface area (Å²) in [5.74, 6) is 5.27. The van der Waals surface area contributed by atoms with Crippen molar-refractivity contribution in [2.75, 3.05) is 12.9 Å². The van der Waals surface area contributed by atoms with Crippen LogP contribution in [0.2, 0.25) is 0 Å². The number of esters is 1. The van der Waals surface area contributed by atoms with E-state index in [9.17, 15) is 9.00 Å². The summed E-state index contributed by atoms with van der Waals surface area (Å²) >= 11 is 0. The Morgan fingerprint density at radius 3 is 2.84 bits per heavy atom. The largest absolute Gasteiger partial charge is 0.465 e. The van der Waals surface area contributed by atoms with Gasteiger partial charge in [-0.2, -0.15) is 0 Å². The van der Waals surface area contributed by atoms with Gasteiger partial charge in [0, 0.05) is 41.7 Å². The number of rotatable bonds is 6. The first-order chi connectivity index (χ1) is 11.9. The van der Waals surface area contributed by atoms with Crippen LogP contribution in [0.5, 0.6) is 0 Å². The summed E-state index contributed by atoms with van der Waals surface area (Å²) in [7, 11) is -1.39. The van der Waals surface area contributed by atoms with E-state index in [1.54, 1.807) is 27.0 Å². The van der Waals surface area contributed by atoms with Gasteiger partial charge < -0.3 is 9.57 Å². The van der Waals surface area contributed by atoms with E-state index in [1.165, 1.54) is 6.26 Å². The van der Waals surface area contributed by atoms with Crippen LogP contribution in [0.4, 0.5) is 0 Å². The molecule has 0 aromatic carbocycles. The summed E-state index contributed by atoms with van der Waals surface area (Å²) in [6.45, 7) is 5.38. The number of carbonyl (C=O) groups excluding carboxylic acids is 1. The third-order valence-electron chi connectivity index (χ3n) is 4.02. The van der Waals surface area contributed by atoms with Crippen molar-refractivity contribution in [2.45, 2.75) is 44.5 Å². The molecule has 0 N–H and O–H groups in total. The zero-order valence-corrected chi connectivity index (χ0v) is 15.7. The van der Waals surface area contributed by atoms with Crippen molar-refractivity contribution in [3.05, 3.63) is 29.6 Å². The molecule has 0 bridgehead atoms. The maximum absolute atomic E-state index is 12.2. The number of pyridine rings is 1. The van der Waals surface area contributed by atoms with Gasteiger partial charge in [0.15, 0.2) is 0 Å². The molecule has 0 radical (unpaired) electrons. The van der Waals surface area contributed by atoms with Gasteiger partial charge in [-0.15, -0.1) is 5.92 Å². The fraction of sp³-hybridized carbons (Fsp3) is 0.500. The monoisotopic (exact) mass is 362 g/mol. The second-order valence-electron chi connectivity index (χ2n) is 5.89. The van der Waals surface area contributed by atoms with Crippen LogP contribution in [0.15, 0.2) is 23.5 Å².